The van der Waals surface area contributed by atoms with Crippen molar-refractivity contribution in [1.29, 1.82) is 0 Å². The van der Waals surface area contributed by atoms with E-state index in [0.29, 0.717) is 6.54 Å². The molecule has 0 aliphatic rings. The van der Waals surface area contributed by atoms with Crippen LogP contribution in [0.25, 0.3) is 0 Å². The van der Waals surface area contributed by atoms with Crippen LogP contribution in [0.15, 0.2) is 12.7 Å². The van der Waals surface area contributed by atoms with E-state index in [1.54, 1.807) is 6.08 Å². The fourth-order valence-electron chi connectivity index (χ4n) is 0.0833. The largest absolute Gasteiger partial charge is 0.412 e. The van der Waals surface area contributed by atoms with E-state index in [-0.39, 0.29) is 5.48 Å². The molecule has 0 fully saturated rings. The van der Waals surface area contributed by atoms with Crippen LogP contribution < -0.4 is 11.3 Å². The lowest BCUT2D eigenvalue weighted by molar-refractivity contribution is 0.824. The molecule has 38 valence electrons. The van der Waals surface area contributed by atoms with E-state index in [0.717, 1.165) is 0 Å². The van der Waals surface area contributed by atoms with Crippen LogP contribution in [-0.2, 0) is 0 Å². The van der Waals surface area contributed by atoms with Crippen molar-refractivity contribution in [3.05, 3.63) is 12.7 Å². The van der Waals surface area contributed by atoms with Gasteiger partial charge in [0.15, 0.2) is 0 Å². The molecule has 0 unspecified atom stereocenters. The Morgan fingerprint density at radius 1 is 1.83 bits per heavy atom. The minimum Gasteiger partial charge on any atom is -0.412 e. The maximum absolute atomic E-state index is 4.82. The fourth-order valence-corrected chi connectivity index (χ4v) is 0.0833. The Labute approximate surface area is 37.1 Å². The molecule has 0 heterocycles. The summed E-state index contributed by atoms with van der Waals surface area (Å²) in [5.41, 5.74) is 2.40. The first kappa shape index (κ1) is 9.15. The molecule has 0 aliphatic carbocycles. The number of nitrogens with two attached hydrogens (primary N) is 1. The van der Waals surface area contributed by atoms with E-state index in [1.807, 2.05) is 0 Å². The third-order valence-corrected chi connectivity index (χ3v) is 0.262. The van der Waals surface area contributed by atoms with Crippen molar-refractivity contribution in [2.45, 2.75) is 0 Å². The first-order valence-corrected chi connectivity index (χ1v) is 1.46. The second-order valence-electron chi connectivity index (χ2n) is 0.697. The lowest BCUT2D eigenvalue weighted by Gasteiger charge is -1.80. The molecule has 5 N–H and O–H groups in total. The zero-order valence-electron chi connectivity index (χ0n) is 3.57. The Morgan fingerprint density at radius 3 is 2.33 bits per heavy atom. The molecule has 0 atom stereocenters. The molecule has 3 heteroatoms. The molecule has 6 heavy (non-hydrogen) atoms. The summed E-state index contributed by atoms with van der Waals surface area (Å²) < 4.78 is 0. The standard InChI is InChI=1S/C3H8N2.H2O/c1-2-3-5-4;/h2,5H,1,3-4H2;1H2. The summed E-state index contributed by atoms with van der Waals surface area (Å²) in [6.07, 6.45) is 1.69. The second-order valence-corrected chi connectivity index (χ2v) is 0.697. The Hall–Kier alpha value is -0.380. The van der Waals surface area contributed by atoms with Gasteiger partial charge in [-0.25, -0.2) is 0 Å². The molecule has 0 amide bonds. The minimum atomic E-state index is 0. The summed E-state index contributed by atoms with van der Waals surface area (Å²) in [6, 6.07) is 0. The lowest BCUT2D eigenvalue weighted by Crippen LogP contribution is -2.20. The summed E-state index contributed by atoms with van der Waals surface area (Å²) in [4.78, 5) is 0. The van der Waals surface area contributed by atoms with Crippen LogP contribution in [0.3, 0.4) is 0 Å². The van der Waals surface area contributed by atoms with Crippen LogP contribution in [0.4, 0.5) is 0 Å². The van der Waals surface area contributed by atoms with Crippen LogP contribution in [0.5, 0.6) is 0 Å². The summed E-state index contributed by atoms with van der Waals surface area (Å²) in [5, 5.41) is 0. The van der Waals surface area contributed by atoms with Gasteiger partial charge in [0, 0.05) is 6.54 Å². The van der Waals surface area contributed by atoms with Crippen LogP contribution >= 0.6 is 0 Å². The van der Waals surface area contributed by atoms with Crippen LogP contribution in [0.1, 0.15) is 0 Å². The highest BCUT2D eigenvalue weighted by molar-refractivity contribution is 4.66. The van der Waals surface area contributed by atoms with E-state index in [4.69, 9.17) is 5.84 Å². The van der Waals surface area contributed by atoms with E-state index >= 15 is 0 Å². The van der Waals surface area contributed by atoms with Gasteiger partial charge in [-0.05, 0) is 0 Å². The van der Waals surface area contributed by atoms with Gasteiger partial charge in [0.05, 0.1) is 0 Å². The predicted octanol–water partition coefficient (Wildman–Crippen LogP) is -1.19. The molecular formula is C3H10N2O. The number of rotatable bonds is 2. The SMILES string of the molecule is C=CCNN.O. The van der Waals surface area contributed by atoms with Gasteiger partial charge in [0.1, 0.15) is 0 Å². The molecule has 0 rings (SSSR count). The van der Waals surface area contributed by atoms with Crippen molar-refractivity contribution in [1.82, 2.24) is 5.43 Å². The molecule has 0 aromatic rings. The van der Waals surface area contributed by atoms with Gasteiger partial charge >= 0.3 is 0 Å². The summed E-state index contributed by atoms with van der Waals surface area (Å²) >= 11 is 0. The van der Waals surface area contributed by atoms with Crippen LogP contribution in [0, 0.1) is 0 Å². The highest BCUT2D eigenvalue weighted by atomic mass is 16.0. The quantitative estimate of drug-likeness (QED) is 0.254. The monoisotopic (exact) mass is 90.1 g/mol. The molecule has 0 spiro atoms. The normalized spacial score (nSPS) is 6.17. The van der Waals surface area contributed by atoms with Crippen LogP contribution in [0.2, 0.25) is 0 Å². The molecule has 0 radical (unpaired) electrons. The molecule has 0 aliphatic heterocycles. The number of hydrogen-bond acceptors (Lipinski definition) is 2. The smallest absolute Gasteiger partial charge is 0.0275 e. The zero-order chi connectivity index (χ0) is 4.12. The molecule has 0 saturated heterocycles. The van der Waals surface area contributed by atoms with Crippen molar-refractivity contribution in [3.63, 3.8) is 0 Å². The van der Waals surface area contributed by atoms with Gasteiger partial charge in [-0.15, -0.1) is 6.58 Å². The Kier molecular flexibility index (Phi) is 13.5. The summed E-state index contributed by atoms with van der Waals surface area (Å²) in [6.45, 7) is 4.09. The van der Waals surface area contributed by atoms with Crippen molar-refractivity contribution < 1.29 is 5.48 Å². The first-order chi connectivity index (χ1) is 2.41. The van der Waals surface area contributed by atoms with Gasteiger partial charge in [0.2, 0.25) is 0 Å². The number of hydrogen-bond donors (Lipinski definition) is 2. The van der Waals surface area contributed by atoms with Crippen molar-refractivity contribution in [2.24, 2.45) is 5.84 Å². The van der Waals surface area contributed by atoms with Crippen molar-refractivity contribution >= 4 is 0 Å². The maximum Gasteiger partial charge on any atom is 0.0275 e. The highest BCUT2D eigenvalue weighted by Gasteiger charge is 1.56. The maximum atomic E-state index is 4.82. The highest BCUT2D eigenvalue weighted by Crippen LogP contribution is 1.46. The Balaban J connectivity index is 0. The minimum absolute atomic E-state index is 0. The molecule has 0 aromatic heterocycles. The summed E-state index contributed by atoms with van der Waals surface area (Å²) in [7, 11) is 0. The third kappa shape index (κ3) is 9.47. The third-order valence-electron chi connectivity index (χ3n) is 0.262. The molecule has 0 bridgehead atoms. The lowest BCUT2D eigenvalue weighted by atomic mass is 10.7. The Morgan fingerprint density at radius 2 is 2.33 bits per heavy atom. The number of hydrazine groups is 1. The van der Waals surface area contributed by atoms with Crippen molar-refractivity contribution in [3.8, 4) is 0 Å². The molecule has 3 nitrogen and oxygen atoms in total. The van der Waals surface area contributed by atoms with E-state index in [2.05, 4.69) is 12.0 Å². The number of nitrogens with one attached hydrogen (secondary N) is 1. The predicted molar refractivity (Wildman–Crippen MR) is 26.0 cm³/mol. The average Bonchev–Trinajstić information content (AvgIpc) is 1.41. The molecular weight excluding hydrogens is 80.0 g/mol. The van der Waals surface area contributed by atoms with Crippen molar-refractivity contribution in [2.75, 3.05) is 6.54 Å². The van der Waals surface area contributed by atoms with Gasteiger partial charge < -0.3 is 5.48 Å². The van der Waals surface area contributed by atoms with E-state index < -0.39 is 0 Å². The van der Waals surface area contributed by atoms with Gasteiger partial charge in [0.25, 0.3) is 0 Å². The van der Waals surface area contributed by atoms with Gasteiger partial charge in [-0.3, -0.25) is 11.3 Å². The van der Waals surface area contributed by atoms with Gasteiger partial charge in [-0.2, -0.15) is 0 Å². The first-order valence-electron chi connectivity index (χ1n) is 1.46. The van der Waals surface area contributed by atoms with E-state index in [9.17, 15) is 0 Å². The van der Waals surface area contributed by atoms with Crippen LogP contribution in [-0.4, -0.2) is 12.0 Å². The average molecular weight is 90.1 g/mol. The van der Waals surface area contributed by atoms with E-state index in [1.165, 1.54) is 0 Å². The summed E-state index contributed by atoms with van der Waals surface area (Å²) in [5.74, 6) is 4.82. The zero-order valence-corrected chi connectivity index (χ0v) is 3.57. The Bertz CT molecular complexity index is 30.0. The molecule has 0 aromatic carbocycles. The second kappa shape index (κ2) is 8.82. The fraction of sp³-hybridized carbons (Fsp3) is 0.333. The van der Waals surface area contributed by atoms with Gasteiger partial charge in [-0.1, -0.05) is 6.08 Å². The topological polar surface area (TPSA) is 69.5 Å². The molecule has 0 saturated carbocycles.